The Balaban J connectivity index is 1.81. The number of hydrogen-bond acceptors (Lipinski definition) is 4. The molecule has 108 valence electrons. The van der Waals surface area contributed by atoms with Gasteiger partial charge in [-0.3, -0.25) is 4.79 Å². The van der Waals surface area contributed by atoms with E-state index in [1.54, 1.807) is 11.3 Å². The number of aromatic nitrogens is 2. The van der Waals surface area contributed by atoms with E-state index in [9.17, 15) is 4.79 Å². The topological polar surface area (TPSA) is 57.8 Å². The predicted octanol–water partition coefficient (Wildman–Crippen LogP) is 3.23. The van der Waals surface area contributed by atoms with Gasteiger partial charge < -0.3 is 10.3 Å². The molecule has 0 amide bonds. The van der Waals surface area contributed by atoms with E-state index in [-0.39, 0.29) is 11.6 Å². The summed E-state index contributed by atoms with van der Waals surface area (Å²) >= 11 is 1.64. The van der Waals surface area contributed by atoms with Gasteiger partial charge in [-0.05, 0) is 23.9 Å². The fourth-order valence-corrected chi connectivity index (χ4v) is 3.17. The second-order valence-electron chi connectivity index (χ2n) is 4.92. The third kappa shape index (κ3) is 3.04. The first-order valence-electron chi connectivity index (χ1n) is 7.01. The maximum absolute atomic E-state index is 12.1. The van der Waals surface area contributed by atoms with Gasteiger partial charge >= 0.3 is 0 Å². The summed E-state index contributed by atoms with van der Waals surface area (Å²) in [7, 11) is 0. The van der Waals surface area contributed by atoms with E-state index >= 15 is 0 Å². The number of nitrogens with one attached hydrogen (secondary N) is 2. The molecule has 0 aliphatic carbocycles. The third-order valence-electron chi connectivity index (χ3n) is 3.53. The summed E-state index contributed by atoms with van der Waals surface area (Å²) in [5.41, 5.74) is 1.59. The molecule has 21 heavy (non-hydrogen) atoms. The Labute approximate surface area is 126 Å². The first-order chi connectivity index (χ1) is 10.3. The summed E-state index contributed by atoms with van der Waals surface area (Å²) in [5, 5.41) is 7.51. The minimum atomic E-state index is -0.0322. The number of hydrogen-bond donors (Lipinski definition) is 2. The van der Waals surface area contributed by atoms with Crippen LogP contribution < -0.4 is 10.9 Å². The van der Waals surface area contributed by atoms with Crippen molar-refractivity contribution in [2.45, 2.75) is 25.9 Å². The van der Waals surface area contributed by atoms with Gasteiger partial charge in [-0.2, -0.15) is 0 Å². The number of H-pyrrole nitrogens is 1. The molecule has 0 radical (unpaired) electrons. The molecule has 1 aromatic carbocycles. The minimum Gasteiger partial charge on any atom is -0.322 e. The highest BCUT2D eigenvalue weighted by molar-refractivity contribution is 7.09. The van der Waals surface area contributed by atoms with Gasteiger partial charge in [0.25, 0.3) is 5.56 Å². The van der Waals surface area contributed by atoms with Gasteiger partial charge in [0.05, 0.1) is 6.04 Å². The van der Waals surface area contributed by atoms with Gasteiger partial charge in [0.15, 0.2) is 0 Å². The lowest BCUT2D eigenvalue weighted by molar-refractivity contribution is 0.515. The average Bonchev–Trinajstić information content (AvgIpc) is 3.02. The van der Waals surface area contributed by atoms with Crippen molar-refractivity contribution in [3.05, 3.63) is 62.8 Å². The normalized spacial score (nSPS) is 12.6. The van der Waals surface area contributed by atoms with Crippen LogP contribution in [0.3, 0.4) is 0 Å². The van der Waals surface area contributed by atoms with Crippen LogP contribution in [0.15, 0.2) is 46.7 Å². The Hall–Kier alpha value is -1.98. The average molecular weight is 299 g/mol. The van der Waals surface area contributed by atoms with E-state index in [0.717, 1.165) is 27.9 Å². The molecule has 0 fully saturated rings. The van der Waals surface area contributed by atoms with Crippen LogP contribution in [-0.2, 0) is 6.54 Å². The number of thiazole rings is 1. The quantitative estimate of drug-likeness (QED) is 0.760. The molecule has 0 saturated carbocycles. The first-order valence-corrected chi connectivity index (χ1v) is 7.89. The molecule has 0 aliphatic rings. The van der Waals surface area contributed by atoms with E-state index in [4.69, 9.17) is 0 Å². The highest BCUT2D eigenvalue weighted by Crippen LogP contribution is 2.19. The lowest BCUT2D eigenvalue weighted by atomic mass is 10.1. The summed E-state index contributed by atoms with van der Waals surface area (Å²) in [6.45, 7) is 2.65. The van der Waals surface area contributed by atoms with Crippen molar-refractivity contribution in [1.29, 1.82) is 0 Å². The van der Waals surface area contributed by atoms with Crippen LogP contribution in [0.5, 0.6) is 0 Å². The third-order valence-corrected chi connectivity index (χ3v) is 4.42. The summed E-state index contributed by atoms with van der Waals surface area (Å²) in [5.74, 6) is 0. The summed E-state index contributed by atoms with van der Waals surface area (Å²) in [6, 6.07) is 9.96. The van der Waals surface area contributed by atoms with Crippen molar-refractivity contribution in [3.8, 4) is 0 Å². The number of aromatic amines is 1. The van der Waals surface area contributed by atoms with Crippen molar-refractivity contribution in [2.24, 2.45) is 0 Å². The number of pyridine rings is 1. The number of para-hydroxylation sites is 1. The standard InChI is InChI=1S/C16H17N3OS/c1-2-13(16-17-7-8-21-16)18-10-12-9-11-5-3-4-6-14(11)19-15(12)20/h3-9,13,18H,2,10H2,1H3,(H,19,20). The van der Waals surface area contributed by atoms with Crippen LogP contribution in [-0.4, -0.2) is 9.97 Å². The summed E-state index contributed by atoms with van der Waals surface area (Å²) in [4.78, 5) is 19.4. The number of nitrogens with zero attached hydrogens (tertiary/aromatic N) is 1. The van der Waals surface area contributed by atoms with E-state index in [1.165, 1.54) is 0 Å². The van der Waals surface area contributed by atoms with E-state index in [1.807, 2.05) is 41.9 Å². The van der Waals surface area contributed by atoms with E-state index in [2.05, 4.69) is 22.2 Å². The largest absolute Gasteiger partial charge is 0.322 e. The van der Waals surface area contributed by atoms with E-state index in [0.29, 0.717) is 6.54 Å². The molecule has 2 aromatic heterocycles. The molecule has 2 heterocycles. The van der Waals surface area contributed by atoms with E-state index < -0.39 is 0 Å². The van der Waals surface area contributed by atoms with Gasteiger partial charge in [0, 0.05) is 29.2 Å². The van der Waals surface area contributed by atoms with Crippen molar-refractivity contribution in [1.82, 2.24) is 15.3 Å². The summed E-state index contributed by atoms with van der Waals surface area (Å²) < 4.78 is 0. The molecule has 3 aromatic rings. The molecule has 0 bridgehead atoms. The molecule has 3 rings (SSSR count). The molecule has 4 nitrogen and oxygen atoms in total. The molecule has 1 atom stereocenters. The van der Waals surface area contributed by atoms with Crippen LogP contribution in [0.1, 0.15) is 30.0 Å². The van der Waals surface area contributed by atoms with Gasteiger partial charge in [-0.25, -0.2) is 4.98 Å². The second-order valence-corrected chi connectivity index (χ2v) is 5.85. The smallest absolute Gasteiger partial charge is 0.252 e. The van der Waals surface area contributed by atoms with Crippen molar-refractivity contribution >= 4 is 22.2 Å². The van der Waals surface area contributed by atoms with Gasteiger partial charge in [0.2, 0.25) is 0 Å². The zero-order chi connectivity index (χ0) is 14.7. The maximum Gasteiger partial charge on any atom is 0.252 e. The highest BCUT2D eigenvalue weighted by atomic mass is 32.1. The van der Waals surface area contributed by atoms with Crippen molar-refractivity contribution < 1.29 is 0 Å². The molecule has 0 aliphatic heterocycles. The molecular weight excluding hydrogens is 282 g/mol. The first kappa shape index (κ1) is 14.0. The fourth-order valence-electron chi connectivity index (χ4n) is 2.37. The van der Waals surface area contributed by atoms with Crippen LogP contribution >= 0.6 is 11.3 Å². The molecular formula is C16H17N3OS. The second kappa shape index (κ2) is 6.20. The van der Waals surface area contributed by atoms with Crippen LogP contribution in [0.2, 0.25) is 0 Å². The fraction of sp³-hybridized carbons (Fsp3) is 0.250. The van der Waals surface area contributed by atoms with Gasteiger partial charge in [-0.15, -0.1) is 11.3 Å². The Bertz CT molecular complexity index is 780. The van der Waals surface area contributed by atoms with Crippen LogP contribution in [0.4, 0.5) is 0 Å². The lowest BCUT2D eigenvalue weighted by Gasteiger charge is -2.14. The number of fused-ring (bicyclic) bond motifs is 1. The van der Waals surface area contributed by atoms with Crippen LogP contribution in [0, 0.1) is 0 Å². The van der Waals surface area contributed by atoms with Gasteiger partial charge in [0.1, 0.15) is 5.01 Å². The molecule has 0 spiro atoms. The Morgan fingerprint density at radius 2 is 2.24 bits per heavy atom. The Morgan fingerprint density at radius 1 is 1.38 bits per heavy atom. The van der Waals surface area contributed by atoms with Gasteiger partial charge in [-0.1, -0.05) is 25.1 Å². The number of rotatable bonds is 5. The number of benzene rings is 1. The predicted molar refractivity (Wildman–Crippen MR) is 86.6 cm³/mol. The summed E-state index contributed by atoms with van der Waals surface area (Å²) in [6.07, 6.45) is 2.76. The lowest BCUT2D eigenvalue weighted by Crippen LogP contribution is -2.24. The molecule has 5 heteroatoms. The zero-order valence-corrected chi connectivity index (χ0v) is 12.6. The minimum absolute atomic E-state index is 0.0322. The molecule has 0 saturated heterocycles. The highest BCUT2D eigenvalue weighted by Gasteiger charge is 2.12. The Morgan fingerprint density at radius 3 is 3.00 bits per heavy atom. The maximum atomic E-state index is 12.1. The van der Waals surface area contributed by atoms with Crippen LogP contribution in [0.25, 0.3) is 10.9 Å². The monoisotopic (exact) mass is 299 g/mol. The Kier molecular flexibility index (Phi) is 4.13. The van der Waals surface area contributed by atoms with Crippen molar-refractivity contribution in [3.63, 3.8) is 0 Å². The SMILES string of the molecule is CCC(NCc1cc2ccccc2[nH]c1=O)c1nccs1. The zero-order valence-electron chi connectivity index (χ0n) is 11.8. The van der Waals surface area contributed by atoms with Crippen molar-refractivity contribution in [2.75, 3.05) is 0 Å². The molecule has 2 N–H and O–H groups in total. The molecule has 1 unspecified atom stereocenters.